The van der Waals surface area contributed by atoms with Crippen LogP contribution in [-0.4, -0.2) is 24.0 Å². The van der Waals surface area contributed by atoms with Crippen LogP contribution in [0.3, 0.4) is 0 Å². The number of carbonyl (C=O) groups excluding carboxylic acids is 1. The smallest absolute Gasteiger partial charge is 0.244 e. The normalized spacial score (nSPS) is 15.0. The Bertz CT molecular complexity index is 659. The summed E-state index contributed by atoms with van der Waals surface area (Å²) >= 11 is 0. The second-order valence-corrected chi connectivity index (χ2v) is 5.60. The number of hydrogen-bond donors (Lipinski definition) is 1. The molecule has 2 aromatic heterocycles. The van der Waals surface area contributed by atoms with Crippen LogP contribution in [0.25, 0.3) is 6.08 Å². The van der Waals surface area contributed by atoms with E-state index in [1.165, 1.54) is 25.3 Å². The fourth-order valence-electron chi connectivity index (χ4n) is 2.74. The van der Waals surface area contributed by atoms with Crippen molar-refractivity contribution in [1.29, 1.82) is 0 Å². The number of carbonyl (C=O) groups is 1. The second kappa shape index (κ2) is 7.63. The minimum absolute atomic E-state index is 0.144. The molecule has 0 bridgehead atoms. The van der Waals surface area contributed by atoms with Gasteiger partial charge in [0.15, 0.2) is 0 Å². The number of piperidine rings is 1. The van der Waals surface area contributed by atoms with E-state index in [1.807, 2.05) is 18.3 Å². The summed E-state index contributed by atoms with van der Waals surface area (Å²) < 4.78 is 5.16. The quantitative estimate of drug-likeness (QED) is 0.862. The molecule has 1 fully saturated rings. The summed E-state index contributed by atoms with van der Waals surface area (Å²) in [4.78, 5) is 18.7. The van der Waals surface area contributed by atoms with Crippen molar-refractivity contribution in [2.75, 3.05) is 18.0 Å². The summed E-state index contributed by atoms with van der Waals surface area (Å²) in [5, 5.41) is 2.91. The Morgan fingerprint density at radius 1 is 1.26 bits per heavy atom. The van der Waals surface area contributed by atoms with Crippen molar-refractivity contribution in [2.24, 2.45) is 0 Å². The molecule has 5 heteroatoms. The first-order chi connectivity index (χ1) is 11.3. The van der Waals surface area contributed by atoms with Crippen LogP contribution < -0.4 is 10.2 Å². The van der Waals surface area contributed by atoms with Gasteiger partial charge in [0.2, 0.25) is 5.91 Å². The van der Waals surface area contributed by atoms with Crippen molar-refractivity contribution in [2.45, 2.75) is 25.8 Å². The Morgan fingerprint density at radius 3 is 2.91 bits per heavy atom. The molecule has 0 saturated carbocycles. The average molecular weight is 311 g/mol. The van der Waals surface area contributed by atoms with Gasteiger partial charge in [0.25, 0.3) is 0 Å². The fourth-order valence-corrected chi connectivity index (χ4v) is 2.74. The molecule has 0 unspecified atom stereocenters. The molecule has 1 aliphatic heterocycles. The number of anilines is 1. The molecule has 3 rings (SSSR count). The van der Waals surface area contributed by atoms with Gasteiger partial charge in [0.1, 0.15) is 11.6 Å². The van der Waals surface area contributed by atoms with E-state index in [-0.39, 0.29) is 5.91 Å². The van der Waals surface area contributed by atoms with Gasteiger partial charge < -0.3 is 14.6 Å². The third-order valence-corrected chi connectivity index (χ3v) is 3.92. The molecule has 0 aromatic carbocycles. The van der Waals surface area contributed by atoms with Crippen LogP contribution in [0, 0.1) is 0 Å². The molecule has 1 aliphatic rings. The van der Waals surface area contributed by atoms with Gasteiger partial charge in [-0.2, -0.15) is 0 Å². The Kier molecular flexibility index (Phi) is 5.09. The van der Waals surface area contributed by atoms with Gasteiger partial charge in [0.05, 0.1) is 6.26 Å². The van der Waals surface area contributed by atoms with Crippen molar-refractivity contribution in [3.8, 4) is 0 Å². The Morgan fingerprint density at radius 2 is 2.13 bits per heavy atom. The van der Waals surface area contributed by atoms with Crippen molar-refractivity contribution < 1.29 is 9.21 Å². The van der Waals surface area contributed by atoms with E-state index in [9.17, 15) is 4.79 Å². The maximum atomic E-state index is 11.9. The summed E-state index contributed by atoms with van der Waals surface area (Å²) in [5.74, 6) is 1.51. The van der Waals surface area contributed by atoms with Gasteiger partial charge in [-0.3, -0.25) is 4.79 Å². The highest BCUT2D eigenvalue weighted by Gasteiger charge is 2.15. The number of nitrogens with zero attached hydrogens (tertiary/aromatic N) is 2. The lowest BCUT2D eigenvalue weighted by Gasteiger charge is -2.29. The standard InChI is InChI=1S/C18H21N3O2/c22-17(9-8-16-7-5-13-23-16)20-14-15-6-4-10-19-18(15)21-11-2-1-3-12-21/h4-10,13H,1-3,11-12,14H2,(H,20,22). The molecule has 0 radical (unpaired) electrons. The minimum Gasteiger partial charge on any atom is -0.465 e. The summed E-state index contributed by atoms with van der Waals surface area (Å²) in [6, 6.07) is 7.53. The number of rotatable bonds is 5. The highest BCUT2D eigenvalue weighted by atomic mass is 16.3. The molecule has 3 heterocycles. The Balaban J connectivity index is 1.60. The molecule has 1 N–H and O–H groups in total. The molecule has 0 atom stereocenters. The summed E-state index contributed by atoms with van der Waals surface area (Å²) in [6.45, 7) is 2.55. The number of nitrogens with one attached hydrogen (secondary N) is 1. The van der Waals surface area contributed by atoms with Gasteiger partial charge in [-0.15, -0.1) is 0 Å². The highest BCUT2D eigenvalue weighted by Crippen LogP contribution is 2.21. The number of aromatic nitrogens is 1. The first kappa shape index (κ1) is 15.3. The zero-order valence-electron chi connectivity index (χ0n) is 13.1. The van der Waals surface area contributed by atoms with Crippen LogP contribution in [0.1, 0.15) is 30.6 Å². The first-order valence-electron chi connectivity index (χ1n) is 8.01. The van der Waals surface area contributed by atoms with Gasteiger partial charge in [-0.25, -0.2) is 4.98 Å². The maximum Gasteiger partial charge on any atom is 0.244 e. The molecule has 1 amide bonds. The van der Waals surface area contributed by atoms with Crippen LogP contribution in [0.2, 0.25) is 0 Å². The Hall–Kier alpha value is -2.56. The topological polar surface area (TPSA) is 58.4 Å². The molecule has 2 aromatic rings. The lowest BCUT2D eigenvalue weighted by Crippen LogP contribution is -2.32. The number of pyridine rings is 1. The van der Waals surface area contributed by atoms with E-state index in [0.29, 0.717) is 12.3 Å². The van der Waals surface area contributed by atoms with Crippen molar-refractivity contribution in [3.63, 3.8) is 0 Å². The predicted octanol–water partition coefficient (Wildman–Crippen LogP) is 2.99. The van der Waals surface area contributed by atoms with E-state index in [1.54, 1.807) is 24.5 Å². The molecule has 1 saturated heterocycles. The van der Waals surface area contributed by atoms with Crippen LogP contribution in [0.4, 0.5) is 5.82 Å². The lowest BCUT2D eigenvalue weighted by atomic mass is 10.1. The monoisotopic (exact) mass is 311 g/mol. The largest absolute Gasteiger partial charge is 0.465 e. The molecular weight excluding hydrogens is 290 g/mol. The Labute approximate surface area is 136 Å². The van der Waals surface area contributed by atoms with Crippen LogP contribution in [0.15, 0.2) is 47.2 Å². The van der Waals surface area contributed by atoms with Gasteiger partial charge in [-0.1, -0.05) is 6.07 Å². The maximum absolute atomic E-state index is 11.9. The summed E-state index contributed by atoms with van der Waals surface area (Å²) in [6.07, 6.45) is 10.2. The van der Waals surface area contributed by atoms with E-state index in [4.69, 9.17) is 4.42 Å². The zero-order chi connectivity index (χ0) is 15.9. The molecule has 5 nitrogen and oxygen atoms in total. The van der Waals surface area contributed by atoms with Gasteiger partial charge in [0, 0.05) is 37.5 Å². The van der Waals surface area contributed by atoms with E-state index < -0.39 is 0 Å². The van der Waals surface area contributed by atoms with E-state index in [0.717, 1.165) is 24.5 Å². The molecule has 23 heavy (non-hydrogen) atoms. The fraction of sp³-hybridized carbons (Fsp3) is 0.333. The van der Waals surface area contributed by atoms with E-state index in [2.05, 4.69) is 15.2 Å². The number of hydrogen-bond acceptors (Lipinski definition) is 4. The third-order valence-electron chi connectivity index (χ3n) is 3.92. The summed E-state index contributed by atoms with van der Waals surface area (Å²) in [7, 11) is 0. The third kappa shape index (κ3) is 4.22. The predicted molar refractivity (Wildman–Crippen MR) is 89.9 cm³/mol. The molecule has 0 aliphatic carbocycles. The molecule has 120 valence electrons. The van der Waals surface area contributed by atoms with Crippen molar-refractivity contribution in [3.05, 3.63) is 54.1 Å². The zero-order valence-corrected chi connectivity index (χ0v) is 13.1. The second-order valence-electron chi connectivity index (χ2n) is 5.60. The SMILES string of the molecule is O=C(C=Cc1ccco1)NCc1cccnc1N1CCCCC1. The van der Waals surface area contributed by atoms with Crippen molar-refractivity contribution >= 4 is 17.8 Å². The first-order valence-corrected chi connectivity index (χ1v) is 8.01. The molecule has 0 spiro atoms. The lowest BCUT2D eigenvalue weighted by molar-refractivity contribution is -0.116. The van der Waals surface area contributed by atoms with Crippen LogP contribution in [0.5, 0.6) is 0 Å². The van der Waals surface area contributed by atoms with Crippen LogP contribution in [-0.2, 0) is 11.3 Å². The van der Waals surface area contributed by atoms with Gasteiger partial charge >= 0.3 is 0 Å². The van der Waals surface area contributed by atoms with Crippen molar-refractivity contribution in [1.82, 2.24) is 10.3 Å². The number of amides is 1. The summed E-state index contributed by atoms with van der Waals surface area (Å²) in [5.41, 5.74) is 1.05. The van der Waals surface area contributed by atoms with Crippen LogP contribution >= 0.6 is 0 Å². The molecular formula is C18H21N3O2. The number of furan rings is 1. The minimum atomic E-state index is -0.144. The van der Waals surface area contributed by atoms with Gasteiger partial charge in [-0.05, 0) is 43.5 Å². The van der Waals surface area contributed by atoms with E-state index >= 15 is 0 Å². The average Bonchev–Trinajstić information content (AvgIpc) is 3.13. The highest BCUT2D eigenvalue weighted by molar-refractivity contribution is 5.91.